The van der Waals surface area contributed by atoms with E-state index in [2.05, 4.69) is 15.9 Å². The van der Waals surface area contributed by atoms with E-state index in [0.717, 1.165) is 6.42 Å². The zero-order chi connectivity index (χ0) is 15.4. The summed E-state index contributed by atoms with van der Waals surface area (Å²) in [4.78, 5) is 25.4. The van der Waals surface area contributed by atoms with Gasteiger partial charge in [0.15, 0.2) is 0 Å². The van der Waals surface area contributed by atoms with Crippen LogP contribution in [0.15, 0.2) is 22.7 Å². The molecule has 0 aromatic heterocycles. The Hall–Kier alpha value is -1.67. The van der Waals surface area contributed by atoms with Crippen molar-refractivity contribution in [2.45, 2.75) is 6.42 Å². The van der Waals surface area contributed by atoms with Crippen molar-refractivity contribution in [3.63, 3.8) is 0 Å². The van der Waals surface area contributed by atoms with Crippen molar-refractivity contribution in [1.82, 2.24) is 4.90 Å². The molecule has 0 aliphatic carbocycles. The molecule has 7 nitrogen and oxygen atoms in total. The van der Waals surface area contributed by atoms with Crippen molar-refractivity contribution in [2.24, 2.45) is 0 Å². The predicted octanol–water partition coefficient (Wildman–Crippen LogP) is 1.95. The van der Waals surface area contributed by atoms with Crippen LogP contribution in [0.25, 0.3) is 0 Å². The predicted molar refractivity (Wildman–Crippen MR) is 81.7 cm³/mol. The molecule has 0 radical (unpaired) electrons. The van der Waals surface area contributed by atoms with Gasteiger partial charge in [0.25, 0.3) is 5.69 Å². The van der Waals surface area contributed by atoms with Crippen molar-refractivity contribution in [1.29, 1.82) is 0 Å². The third-order valence-electron chi connectivity index (χ3n) is 3.42. The lowest BCUT2D eigenvalue weighted by Crippen LogP contribution is -2.34. The molecule has 1 aromatic carbocycles. The van der Waals surface area contributed by atoms with Gasteiger partial charge in [-0.3, -0.25) is 19.8 Å². The molecular weight excluding hydrogens is 342 g/mol. The third-order valence-corrected chi connectivity index (χ3v) is 3.92. The number of carboxylic acids is 1. The number of aliphatic carboxylic acids is 1. The summed E-state index contributed by atoms with van der Waals surface area (Å²) >= 11 is 3.24. The van der Waals surface area contributed by atoms with E-state index >= 15 is 0 Å². The molecular formula is C13H16BrN3O4. The molecule has 1 heterocycles. The number of carboxylic acid groups (broad SMARTS) is 1. The molecule has 1 saturated heterocycles. The molecule has 1 N–H and O–H groups in total. The van der Waals surface area contributed by atoms with Crippen molar-refractivity contribution >= 4 is 33.3 Å². The Morgan fingerprint density at radius 2 is 2.10 bits per heavy atom. The van der Waals surface area contributed by atoms with Gasteiger partial charge in [0, 0.05) is 36.7 Å². The van der Waals surface area contributed by atoms with E-state index in [-0.39, 0.29) is 17.2 Å². The van der Waals surface area contributed by atoms with Gasteiger partial charge in [-0.05, 0) is 18.6 Å². The normalized spacial score (nSPS) is 16.5. The quantitative estimate of drug-likeness (QED) is 0.654. The fourth-order valence-corrected chi connectivity index (χ4v) is 2.82. The number of benzene rings is 1. The van der Waals surface area contributed by atoms with Crippen LogP contribution in [-0.2, 0) is 4.79 Å². The van der Waals surface area contributed by atoms with Gasteiger partial charge in [0.2, 0.25) is 0 Å². The highest BCUT2D eigenvalue weighted by molar-refractivity contribution is 9.10. The van der Waals surface area contributed by atoms with Gasteiger partial charge in [0.05, 0.1) is 11.5 Å². The number of nitro groups is 1. The van der Waals surface area contributed by atoms with Crippen molar-refractivity contribution < 1.29 is 14.8 Å². The lowest BCUT2D eigenvalue weighted by molar-refractivity contribution is -0.384. The number of carbonyl (C=O) groups is 1. The summed E-state index contributed by atoms with van der Waals surface area (Å²) in [5, 5.41) is 20.0. The van der Waals surface area contributed by atoms with E-state index in [1.807, 2.05) is 9.80 Å². The molecule has 1 aliphatic heterocycles. The minimum atomic E-state index is -0.849. The minimum absolute atomic E-state index is 0.0102. The number of rotatable bonds is 4. The fourth-order valence-electron chi connectivity index (χ4n) is 2.47. The summed E-state index contributed by atoms with van der Waals surface area (Å²) in [6, 6.07) is 5.01. The van der Waals surface area contributed by atoms with Crippen molar-refractivity contribution in [3.8, 4) is 0 Å². The monoisotopic (exact) mass is 357 g/mol. The first-order valence-electron chi connectivity index (χ1n) is 6.60. The molecule has 0 saturated carbocycles. The van der Waals surface area contributed by atoms with Gasteiger partial charge in [-0.15, -0.1) is 0 Å². The summed E-state index contributed by atoms with van der Waals surface area (Å²) in [6.45, 7) is 2.54. The first-order chi connectivity index (χ1) is 9.97. The summed E-state index contributed by atoms with van der Waals surface area (Å²) in [5.41, 5.74) is 0.649. The Balaban J connectivity index is 2.15. The van der Waals surface area contributed by atoms with Gasteiger partial charge in [-0.1, -0.05) is 15.9 Å². The van der Waals surface area contributed by atoms with Crippen molar-refractivity contribution in [2.75, 3.05) is 37.6 Å². The van der Waals surface area contributed by atoms with E-state index in [4.69, 9.17) is 5.11 Å². The third kappa shape index (κ3) is 4.15. The standard InChI is InChI=1S/C13H16BrN3O4/c14-10-2-3-11(12(8-10)17(20)21)16-5-1-4-15(6-7-16)9-13(18)19/h2-3,8H,1,4-7,9H2,(H,18,19). The molecule has 0 spiro atoms. The largest absolute Gasteiger partial charge is 0.480 e. The Labute approximate surface area is 130 Å². The summed E-state index contributed by atoms with van der Waals surface area (Å²) in [5.74, 6) is -0.849. The van der Waals surface area contributed by atoms with Crippen LogP contribution in [-0.4, -0.2) is 53.6 Å². The number of nitro benzene ring substituents is 1. The van der Waals surface area contributed by atoms with Gasteiger partial charge >= 0.3 is 5.97 Å². The van der Waals surface area contributed by atoms with E-state index in [0.29, 0.717) is 36.3 Å². The highest BCUT2D eigenvalue weighted by Gasteiger charge is 2.23. The lowest BCUT2D eigenvalue weighted by Gasteiger charge is -2.23. The second-order valence-corrected chi connectivity index (χ2v) is 5.82. The van der Waals surface area contributed by atoms with Crippen molar-refractivity contribution in [3.05, 3.63) is 32.8 Å². The van der Waals surface area contributed by atoms with Crippen LogP contribution in [0.4, 0.5) is 11.4 Å². The Kier molecular flexibility index (Phi) is 5.13. The number of hydrogen-bond acceptors (Lipinski definition) is 5. The maximum absolute atomic E-state index is 11.2. The fraction of sp³-hybridized carbons (Fsp3) is 0.462. The SMILES string of the molecule is O=C(O)CN1CCCN(c2ccc(Br)cc2[N+](=O)[O-])CC1. The first-order valence-corrected chi connectivity index (χ1v) is 7.39. The van der Waals surface area contributed by atoms with Gasteiger partial charge < -0.3 is 10.0 Å². The second kappa shape index (κ2) is 6.86. The number of hydrogen-bond donors (Lipinski definition) is 1. The summed E-state index contributed by atoms with van der Waals surface area (Å²) in [6.07, 6.45) is 0.778. The maximum atomic E-state index is 11.2. The average Bonchev–Trinajstić information content (AvgIpc) is 2.63. The van der Waals surface area contributed by atoms with Crippen LogP contribution in [0.5, 0.6) is 0 Å². The molecule has 1 aromatic rings. The second-order valence-electron chi connectivity index (χ2n) is 4.90. The molecule has 1 aliphatic rings. The Morgan fingerprint density at radius 3 is 2.76 bits per heavy atom. The molecule has 1 fully saturated rings. The Morgan fingerprint density at radius 1 is 1.33 bits per heavy atom. The molecule has 8 heteroatoms. The van der Waals surface area contributed by atoms with E-state index in [1.54, 1.807) is 12.1 Å². The average molecular weight is 358 g/mol. The maximum Gasteiger partial charge on any atom is 0.317 e. The van der Waals surface area contributed by atoms with Gasteiger partial charge in [-0.2, -0.15) is 0 Å². The van der Waals surface area contributed by atoms with Crippen LogP contribution >= 0.6 is 15.9 Å². The van der Waals surface area contributed by atoms with Crippen LogP contribution in [0.2, 0.25) is 0 Å². The zero-order valence-electron chi connectivity index (χ0n) is 11.4. The van der Waals surface area contributed by atoms with Crippen LogP contribution in [0.3, 0.4) is 0 Å². The number of anilines is 1. The Bertz CT molecular complexity index is 552. The smallest absolute Gasteiger partial charge is 0.317 e. The highest BCUT2D eigenvalue weighted by Crippen LogP contribution is 2.31. The van der Waals surface area contributed by atoms with Gasteiger partial charge in [0.1, 0.15) is 5.69 Å². The minimum Gasteiger partial charge on any atom is -0.480 e. The topological polar surface area (TPSA) is 86.9 Å². The molecule has 0 bridgehead atoms. The van der Waals surface area contributed by atoms with Crippen LogP contribution in [0, 0.1) is 10.1 Å². The van der Waals surface area contributed by atoms with Crippen LogP contribution < -0.4 is 4.90 Å². The molecule has 114 valence electrons. The molecule has 21 heavy (non-hydrogen) atoms. The van der Waals surface area contributed by atoms with E-state index in [1.165, 1.54) is 6.07 Å². The van der Waals surface area contributed by atoms with E-state index < -0.39 is 5.97 Å². The molecule has 0 unspecified atom stereocenters. The highest BCUT2D eigenvalue weighted by atomic mass is 79.9. The summed E-state index contributed by atoms with van der Waals surface area (Å²) < 4.78 is 0.667. The number of halogens is 1. The molecule has 0 atom stereocenters. The van der Waals surface area contributed by atoms with Crippen LogP contribution in [0.1, 0.15) is 6.42 Å². The zero-order valence-corrected chi connectivity index (χ0v) is 13.0. The molecule has 0 amide bonds. The number of nitrogens with zero attached hydrogens (tertiary/aromatic N) is 3. The summed E-state index contributed by atoms with van der Waals surface area (Å²) in [7, 11) is 0. The van der Waals surface area contributed by atoms with Gasteiger partial charge in [-0.25, -0.2) is 0 Å². The lowest BCUT2D eigenvalue weighted by atomic mass is 10.2. The first kappa shape index (κ1) is 15.7. The molecule has 2 rings (SSSR count). The van der Waals surface area contributed by atoms with E-state index in [9.17, 15) is 14.9 Å².